The molecule has 2 aromatic rings. The fourth-order valence-electron chi connectivity index (χ4n) is 3.32. The van der Waals surface area contributed by atoms with Gasteiger partial charge in [0.15, 0.2) is 11.5 Å². The number of nitrogen functional groups attached to an aromatic ring is 1. The van der Waals surface area contributed by atoms with Gasteiger partial charge in [0.05, 0.1) is 12.3 Å². The van der Waals surface area contributed by atoms with E-state index in [1.165, 1.54) is 6.33 Å². The molecule has 10 nitrogen and oxygen atoms in total. The van der Waals surface area contributed by atoms with Crippen molar-refractivity contribution in [2.24, 2.45) is 22.7 Å². The highest BCUT2D eigenvalue weighted by atomic mass is 32.1. The van der Waals surface area contributed by atoms with Crippen LogP contribution in [0.5, 0.6) is 0 Å². The average molecular weight is 362 g/mol. The number of hydrogen-bond acceptors (Lipinski definition) is 7. The van der Waals surface area contributed by atoms with Crippen LogP contribution < -0.4 is 11.5 Å². The van der Waals surface area contributed by atoms with Crippen LogP contribution in [0.3, 0.4) is 0 Å². The Bertz CT molecular complexity index is 892. The van der Waals surface area contributed by atoms with E-state index in [4.69, 9.17) is 34.0 Å². The van der Waals surface area contributed by atoms with Crippen LogP contribution in [0.4, 0.5) is 5.82 Å². The van der Waals surface area contributed by atoms with Crippen LogP contribution in [0.15, 0.2) is 17.5 Å². The number of rotatable bonds is 4. The molecule has 3 rings (SSSR count). The van der Waals surface area contributed by atoms with E-state index >= 15 is 0 Å². The highest BCUT2D eigenvalue weighted by molar-refractivity contribution is 7.80. The number of anilines is 1. The average Bonchev–Trinajstić information content (AvgIpc) is 3.08. The Morgan fingerprint density at radius 1 is 1.60 bits per heavy atom. The molecule has 1 fully saturated rings. The zero-order chi connectivity index (χ0) is 18.4. The molecule has 0 aromatic carbocycles. The Hall–Kier alpha value is -2.46. The van der Waals surface area contributed by atoms with E-state index in [1.54, 1.807) is 10.6 Å². The molecule has 11 heteroatoms. The minimum atomic E-state index is -1.34. The number of hydrogen-bond donors (Lipinski definition) is 3. The first-order valence-corrected chi connectivity index (χ1v) is 8.04. The van der Waals surface area contributed by atoms with Crippen LogP contribution in [-0.2, 0) is 4.74 Å². The molecule has 132 valence electrons. The van der Waals surface area contributed by atoms with Gasteiger partial charge in [-0.3, -0.25) is 0 Å². The smallest absolute Gasteiger partial charge is 0.173 e. The Balaban J connectivity index is 2.19. The Kier molecular flexibility index (Phi) is 4.25. The van der Waals surface area contributed by atoms with Crippen LogP contribution in [0.2, 0.25) is 0 Å². The molecule has 5 N–H and O–H groups in total. The summed E-state index contributed by atoms with van der Waals surface area (Å²) in [7, 11) is 0. The lowest BCUT2D eigenvalue weighted by atomic mass is 9.86. The zero-order valence-electron chi connectivity index (χ0n) is 13.7. The molecule has 0 bridgehead atoms. The van der Waals surface area contributed by atoms with Crippen molar-refractivity contribution < 1.29 is 9.84 Å². The van der Waals surface area contributed by atoms with Crippen molar-refractivity contribution in [2.75, 3.05) is 12.3 Å². The van der Waals surface area contributed by atoms with E-state index in [0.717, 1.165) is 0 Å². The normalized spacial score (nSPS) is 28.8. The maximum absolute atomic E-state index is 9.77. The second-order valence-electron chi connectivity index (χ2n) is 6.13. The number of aromatic nitrogens is 3. The predicted octanol–water partition coefficient (Wildman–Crippen LogP) is 1.29. The van der Waals surface area contributed by atoms with Gasteiger partial charge in [-0.2, -0.15) is 5.10 Å². The zero-order valence-corrected chi connectivity index (χ0v) is 14.5. The van der Waals surface area contributed by atoms with Crippen molar-refractivity contribution in [3.8, 4) is 0 Å². The number of nitrogens with two attached hydrogens (primary N) is 2. The van der Waals surface area contributed by atoms with E-state index in [1.807, 2.05) is 13.8 Å². The number of aliphatic hydroxyl groups is 1. The molecule has 25 heavy (non-hydrogen) atoms. The number of nitrogens with zero attached hydrogens (tertiary/aromatic N) is 6. The van der Waals surface area contributed by atoms with Gasteiger partial charge in [-0.15, -0.1) is 0 Å². The summed E-state index contributed by atoms with van der Waals surface area (Å²) in [5.41, 5.74) is 21.0. The molecule has 0 spiro atoms. The van der Waals surface area contributed by atoms with Crippen LogP contribution in [0.1, 0.15) is 31.2 Å². The SMILES string of the molecule is C[C@H]1[C@H](c2cc(C(N)=S)c3c(N)ncnn23)O[C@@](CO)(N=[N+]=[N-])[C@H]1C. The van der Waals surface area contributed by atoms with E-state index < -0.39 is 18.4 Å². The number of thiocarbonyl (C=S) groups is 1. The molecule has 3 heterocycles. The van der Waals surface area contributed by atoms with Crippen molar-refractivity contribution in [1.82, 2.24) is 14.6 Å². The van der Waals surface area contributed by atoms with Gasteiger partial charge in [-0.1, -0.05) is 31.2 Å². The van der Waals surface area contributed by atoms with Gasteiger partial charge in [-0.25, -0.2) is 9.50 Å². The Labute approximate surface area is 148 Å². The lowest BCUT2D eigenvalue weighted by Crippen LogP contribution is -2.36. The summed E-state index contributed by atoms with van der Waals surface area (Å²) in [6.07, 6.45) is 0.822. The van der Waals surface area contributed by atoms with E-state index in [2.05, 4.69) is 20.1 Å². The monoisotopic (exact) mass is 362 g/mol. The minimum Gasteiger partial charge on any atom is -0.393 e. The van der Waals surface area contributed by atoms with Gasteiger partial charge in [-0.05, 0) is 23.4 Å². The molecule has 1 aliphatic rings. The third-order valence-corrected chi connectivity index (χ3v) is 5.14. The molecule has 1 saturated heterocycles. The van der Waals surface area contributed by atoms with Crippen molar-refractivity contribution in [3.05, 3.63) is 34.1 Å². The summed E-state index contributed by atoms with van der Waals surface area (Å²) in [6, 6.07) is 1.75. The first-order valence-electron chi connectivity index (χ1n) is 7.63. The lowest BCUT2D eigenvalue weighted by Gasteiger charge is -2.25. The van der Waals surface area contributed by atoms with E-state index in [0.29, 0.717) is 16.8 Å². The largest absolute Gasteiger partial charge is 0.393 e. The summed E-state index contributed by atoms with van der Waals surface area (Å²) in [5, 5.41) is 17.7. The molecule has 0 unspecified atom stereocenters. The van der Waals surface area contributed by atoms with Crippen LogP contribution in [0, 0.1) is 11.8 Å². The van der Waals surface area contributed by atoms with Crippen LogP contribution in [0.25, 0.3) is 16.0 Å². The quantitative estimate of drug-likeness (QED) is 0.319. The fraction of sp³-hybridized carbons (Fsp3) is 0.500. The minimum absolute atomic E-state index is 0.0777. The molecular weight excluding hydrogens is 344 g/mol. The first-order chi connectivity index (χ1) is 11.9. The highest BCUT2D eigenvalue weighted by Crippen LogP contribution is 2.49. The van der Waals surface area contributed by atoms with Gasteiger partial charge < -0.3 is 21.3 Å². The standard InChI is InChI=1S/C14H18N8O2S/c1-6-7(2)14(4-23,20-21-17)24-11(6)9-3-8(13(16)25)10-12(15)18-5-19-22(9)10/h3,5-7,11,23H,4H2,1-2H3,(H2,16,25)(H2,15,18,19)/t6-,7+,11-,14-/m1/s1. The highest BCUT2D eigenvalue weighted by Gasteiger charge is 2.51. The van der Waals surface area contributed by atoms with Gasteiger partial charge in [0.25, 0.3) is 0 Å². The van der Waals surface area contributed by atoms with Crippen LogP contribution >= 0.6 is 12.2 Å². The second-order valence-corrected chi connectivity index (χ2v) is 6.57. The Morgan fingerprint density at radius 2 is 2.32 bits per heavy atom. The topological polar surface area (TPSA) is 160 Å². The van der Waals surface area contributed by atoms with Crippen LogP contribution in [-0.4, -0.2) is 37.0 Å². The molecule has 0 saturated carbocycles. The predicted molar refractivity (Wildman–Crippen MR) is 94.4 cm³/mol. The maximum atomic E-state index is 9.77. The number of ether oxygens (including phenoxy) is 1. The molecule has 0 radical (unpaired) electrons. The molecular formula is C14H18N8O2S. The number of azide groups is 1. The maximum Gasteiger partial charge on any atom is 0.173 e. The summed E-state index contributed by atoms with van der Waals surface area (Å²) in [4.78, 5) is 6.97. The fourth-order valence-corrected chi connectivity index (χ4v) is 3.48. The van der Waals surface area contributed by atoms with Crippen molar-refractivity contribution in [2.45, 2.75) is 25.7 Å². The first kappa shape index (κ1) is 17.4. The molecule has 2 aromatic heterocycles. The summed E-state index contributed by atoms with van der Waals surface area (Å²) in [6.45, 7) is 3.38. The summed E-state index contributed by atoms with van der Waals surface area (Å²) >= 11 is 5.11. The summed E-state index contributed by atoms with van der Waals surface area (Å²) in [5.74, 6) is -0.0613. The Morgan fingerprint density at radius 3 is 2.92 bits per heavy atom. The van der Waals surface area contributed by atoms with Crippen molar-refractivity contribution >= 4 is 28.5 Å². The van der Waals surface area contributed by atoms with Crippen molar-refractivity contribution in [1.29, 1.82) is 0 Å². The van der Waals surface area contributed by atoms with Gasteiger partial charge in [0, 0.05) is 10.5 Å². The third kappa shape index (κ3) is 2.48. The number of fused-ring (bicyclic) bond motifs is 1. The molecule has 0 amide bonds. The molecule has 0 aliphatic carbocycles. The van der Waals surface area contributed by atoms with Gasteiger partial charge >= 0.3 is 0 Å². The summed E-state index contributed by atoms with van der Waals surface area (Å²) < 4.78 is 7.59. The lowest BCUT2D eigenvalue weighted by molar-refractivity contribution is -0.0865. The van der Waals surface area contributed by atoms with Gasteiger partial charge in [0.2, 0.25) is 0 Å². The third-order valence-electron chi connectivity index (χ3n) is 4.92. The second kappa shape index (κ2) is 6.12. The van der Waals surface area contributed by atoms with Crippen molar-refractivity contribution in [3.63, 3.8) is 0 Å². The number of aliphatic hydroxyl groups excluding tert-OH is 1. The molecule has 1 aliphatic heterocycles. The van der Waals surface area contributed by atoms with E-state index in [-0.39, 0.29) is 22.6 Å². The van der Waals surface area contributed by atoms with Gasteiger partial charge in [0.1, 0.15) is 22.9 Å². The van der Waals surface area contributed by atoms with E-state index in [9.17, 15) is 5.11 Å². The molecule has 4 atom stereocenters.